The molecule has 0 unspecified atom stereocenters. The summed E-state index contributed by atoms with van der Waals surface area (Å²) in [5.74, 6) is 4.47. The van der Waals surface area contributed by atoms with Crippen LogP contribution < -0.4 is 27.7 Å². The van der Waals surface area contributed by atoms with E-state index in [-0.39, 0.29) is 0 Å². The number of nitrogens with zero attached hydrogens (tertiary/aromatic N) is 9. The molecule has 0 aliphatic rings. The molecule has 8 N–H and O–H groups in total. The number of nitrogen functional groups attached to an aromatic ring is 4. The average molecular weight is 960 g/mol. The first kappa shape index (κ1) is 45.9. The Bertz CT molecular complexity index is 2820. The fourth-order valence-electron chi connectivity index (χ4n) is 5.38. The second-order valence-electron chi connectivity index (χ2n) is 13.3. The van der Waals surface area contributed by atoms with E-state index in [9.17, 15) is 0 Å². The lowest BCUT2D eigenvalue weighted by molar-refractivity contribution is 0.415. The fourth-order valence-corrected chi connectivity index (χ4v) is 10.4. The van der Waals surface area contributed by atoms with E-state index in [4.69, 9.17) is 27.7 Å². The predicted octanol–water partition coefficient (Wildman–Crippen LogP) is 10.3. The molecule has 9 aromatic rings. The summed E-state index contributed by atoms with van der Waals surface area (Å²) < 4.78 is 5.24. The topological polar surface area (TPSA) is 229 Å². The first-order chi connectivity index (χ1) is 31.1. The molecule has 0 bridgehead atoms. The molecule has 9 rings (SSSR count). The number of rotatable bonds is 13. The van der Waals surface area contributed by atoms with Crippen molar-refractivity contribution >= 4 is 92.6 Å². The number of ether oxygens (including phenoxy) is 1. The van der Waals surface area contributed by atoms with Gasteiger partial charge in [0.05, 0.1) is 24.2 Å². The van der Waals surface area contributed by atoms with Gasteiger partial charge in [-0.3, -0.25) is 0 Å². The van der Waals surface area contributed by atoms with Crippen LogP contribution in [-0.4, -0.2) is 52.0 Å². The van der Waals surface area contributed by atoms with Crippen LogP contribution in [0.1, 0.15) is 22.6 Å². The van der Waals surface area contributed by atoms with Gasteiger partial charge in [-0.2, -0.15) is 0 Å². The lowest BCUT2D eigenvalue weighted by Crippen LogP contribution is -1.99. The van der Waals surface area contributed by atoms with Crippen molar-refractivity contribution in [3.63, 3.8) is 0 Å². The van der Waals surface area contributed by atoms with Crippen LogP contribution in [0.3, 0.4) is 0 Å². The second kappa shape index (κ2) is 23.0. The Morgan fingerprint density at radius 3 is 1.39 bits per heavy atom. The molecule has 20 heteroatoms. The van der Waals surface area contributed by atoms with Crippen LogP contribution in [0.25, 0.3) is 31.7 Å². The van der Waals surface area contributed by atoms with Crippen molar-refractivity contribution in [2.45, 2.75) is 39.7 Å². The summed E-state index contributed by atoms with van der Waals surface area (Å²) in [5.41, 5.74) is 30.3. The highest BCUT2D eigenvalue weighted by molar-refractivity contribution is 7.98. The maximum Gasteiger partial charge on any atom is 0.191 e. The molecule has 6 aromatic heterocycles. The van der Waals surface area contributed by atoms with Crippen LogP contribution in [0.5, 0.6) is 5.75 Å². The van der Waals surface area contributed by atoms with Gasteiger partial charge >= 0.3 is 0 Å². The van der Waals surface area contributed by atoms with E-state index in [0.717, 1.165) is 59.9 Å². The average Bonchev–Trinajstić information content (AvgIpc) is 4.10. The molecular weight excluding hydrogens is 919 g/mol. The van der Waals surface area contributed by atoms with E-state index in [0.29, 0.717) is 45.1 Å². The van der Waals surface area contributed by atoms with E-state index in [1.54, 1.807) is 71.3 Å². The summed E-state index contributed by atoms with van der Waals surface area (Å²) in [6.45, 7) is 2.07. The summed E-state index contributed by atoms with van der Waals surface area (Å²) in [7, 11) is 1.65. The Hall–Kier alpha value is -6.16. The molecule has 6 heterocycles. The number of benzene rings is 3. The first-order valence-electron chi connectivity index (χ1n) is 19.2. The minimum atomic E-state index is 0.371. The number of hydrogen-bond acceptors (Lipinski definition) is 20. The molecule has 3 aromatic carbocycles. The smallest absolute Gasteiger partial charge is 0.191 e. The van der Waals surface area contributed by atoms with Crippen LogP contribution in [0, 0.1) is 6.92 Å². The summed E-state index contributed by atoms with van der Waals surface area (Å²) in [5, 5.41) is 11.1. The molecule has 324 valence electrons. The highest BCUT2D eigenvalue weighted by Crippen LogP contribution is 2.31. The third kappa shape index (κ3) is 13.9. The van der Waals surface area contributed by atoms with Crippen molar-refractivity contribution in [1.29, 1.82) is 0 Å². The van der Waals surface area contributed by atoms with Gasteiger partial charge in [0.2, 0.25) is 0 Å². The monoisotopic (exact) mass is 959 g/mol. The van der Waals surface area contributed by atoms with E-state index >= 15 is 0 Å². The summed E-state index contributed by atoms with van der Waals surface area (Å²) in [6.07, 6.45) is 3.51. The van der Waals surface area contributed by atoms with Crippen LogP contribution >= 0.6 is 69.3 Å². The third-order valence-electron chi connectivity index (χ3n) is 8.37. The summed E-state index contributed by atoms with van der Waals surface area (Å²) >= 11 is 9.43. The molecular formula is C44H41N13OS6. The molecule has 0 amide bonds. The first-order valence-corrected chi connectivity index (χ1v) is 24.8. The second-order valence-corrected chi connectivity index (χ2v) is 18.7. The maximum atomic E-state index is 5.67. The largest absolute Gasteiger partial charge is 0.497 e. The number of aromatic nitrogens is 9. The molecule has 0 fully saturated rings. The van der Waals surface area contributed by atoms with Gasteiger partial charge in [-0.25, -0.2) is 44.9 Å². The number of thioether (sulfide) groups is 3. The zero-order valence-electron chi connectivity index (χ0n) is 34.4. The van der Waals surface area contributed by atoms with Gasteiger partial charge in [-0.05, 0) is 25.1 Å². The Labute approximate surface area is 394 Å². The molecule has 0 atom stereocenters. The number of anilines is 4. The number of hydrogen-bond donors (Lipinski definition) is 4. The minimum absolute atomic E-state index is 0.371. The highest BCUT2D eigenvalue weighted by atomic mass is 32.2. The molecule has 0 saturated heterocycles. The van der Waals surface area contributed by atoms with Gasteiger partial charge in [0.1, 0.15) is 44.0 Å². The summed E-state index contributed by atoms with van der Waals surface area (Å²) in [6, 6.07) is 31.3. The molecule has 64 heavy (non-hydrogen) atoms. The molecule has 14 nitrogen and oxygen atoms in total. The predicted molar refractivity (Wildman–Crippen MR) is 266 cm³/mol. The quantitative estimate of drug-likeness (QED) is 0.0622. The Morgan fingerprint density at radius 1 is 0.469 bits per heavy atom. The molecule has 0 radical (unpaired) electrons. The van der Waals surface area contributed by atoms with Gasteiger partial charge in [-0.1, -0.05) is 108 Å². The van der Waals surface area contributed by atoms with Crippen molar-refractivity contribution in [2.24, 2.45) is 0 Å². The fraction of sp³-hybridized carbons (Fsp3) is 0.114. The van der Waals surface area contributed by atoms with Gasteiger partial charge in [0.25, 0.3) is 0 Å². The van der Waals surface area contributed by atoms with Crippen LogP contribution in [0.2, 0.25) is 0 Å². The van der Waals surface area contributed by atoms with E-state index < -0.39 is 0 Å². The van der Waals surface area contributed by atoms with E-state index in [1.165, 1.54) is 40.7 Å². The Kier molecular flexibility index (Phi) is 16.5. The minimum Gasteiger partial charge on any atom is -0.497 e. The van der Waals surface area contributed by atoms with Crippen LogP contribution in [0.4, 0.5) is 23.3 Å². The van der Waals surface area contributed by atoms with Crippen molar-refractivity contribution < 1.29 is 4.74 Å². The maximum absolute atomic E-state index is 5.67. The zero-order valence-corrected chi connectivity index (χ0v) is 39.3. The van der Waals surface area contributed by atoms with Gasteiger partial charge in [0, 0.05) is 74.6 Å². The standard InChI is InChI=1S/C15H15N5OS2.C15H15N5S2.C14H11N3S2/c1-21-11-4-2-3-9(5-11)14-18-10(7-22-14)8-23-15-19-12(16)6-13(17)20-15;1-9-2-4-10(5-3-9)14-18-11(7-21-14)8-22-15-19-12(16)6-13(17)20-15;1-2-5-11(6-3-1)13-17-12(9-18-13)10-19-14-15-7-4-8-16-14/h2-7H,8H2,1H3,(H4,16,17,19,20);2-7H,8H2,1H3,(H4,16,17,19,20);1-9H,10H2. The third-order valence-corrected chi connectivity index (χ3v) is 13.9. The number of thiazole rings is 3. The van der Waals surface area contributed by atoms with Crippen molar-refractivity contribution in [3.05, 3.63) is 148 Å². The van der Waals surface area contributed by atoms with Gasteiger partial charge in [0.15, 0.2) is 15.5 Å². The van der Waals surface area contributed by atoms with Crippen molar-refractivity contribution in [3.8, 4) is 37.5 Å². The van der Waals surface area contributed by atoms with E-state index in [2.05, 4.69) is 98.9 Å². The number of methoxy groups -OCH3 is 1. The van der Waals surface area contributed by atoms with Crippen molar-refractivity contribution in [1.82, 2.24) is 44.9 Å². The Morgan fingerprint density at radius 2 is 0.906 bits per heavy atom. The van der Waals surface area contributed by atoms with Crippen LogP contribution in [0.15, 0.2) is 141 Å². The molecule has 0 saturated carbocycles. The normalized spacial score (nSPS) is 10.7. The highest BCUT2D eigenvalue weighted by Gasteiger charge is 2.10. The lowest BCUT2D eigenvalue weighted by atomic mass is 10.2. The van der Waals surface area contributed by atoms with Gasteiger partial charge in [-0.15, -0.1) is 34.0 Å². The Balaban J connectivity index is 0.000000144. The number of aryl methyl sites for hydroxylation is 1. The SMILES string of the molecule is COc1cccc(-c2nc(CSc3nc(N)cc(N)n3)cs2)c1.Cc1ccc(-c2nc(CSc3nc(N)cc(N)n3)cs2)cc1.c1ccc(-c2nc(CSc3ncccn3)cs2)cc1. The lowest BCUT2D eigenvalue weighted by Gasteiger charge is -2.02. The molecule has 0 spiro atoms. The van der Waals surface area contributed by atoms with E-state index in [1.807, 2.05) is 53.9 Å². The molecule has 0 aliphatic carbocycles. The zero-order chi connectivity index (χ0) is 44.7. The molecule has 0 aliphatic heterocycles. The summed E-state index contributed by atoms with van der Waals surface area (Å²) in [4.78, 5) is 38.9. The van der Waals surface area contributed by atoms with Crippen LogP contribution in [-0.2, 0) is 17.3 Å². The number of nitrogens with two attached hydrogens (primary N) is 4. The van der Waals surface area contributed by atoms with Crippen molar-refractivity contribution in [2.75, 3.05) is 30.0 Å². The van der Waals surface area contributed by atoms with Gasteiger partial charge < -0.3 is 27.7 Å².